The first-order chi connectivity index (χ1) is 12.0. The molecule has 0 atom stereocenters. The van der Waals surface area contributed by atoms with Gasteiger partial charge in [-0.25, -0.2) is 9.78 Å². The lowest BCUT2D eigenvalue weighted by molar-refractivity contribution is 0.0520. The van der Waals surface area contributed by atoms with Crippen LogP contribution in [0.15, 0.2) is 48.7 Å². The molecular formula is C19H16Cl2N2O2. The summed E-state index contributed by atoms with van der Waals surface area (Å²) >= 11 is 12.3. The Hall–Kier alpha value is -2.30. The van der Waals surface area contributed by atoms with Crippen LogP contribution in [0.4, 0.5) is 0 Å². The molecule has 4 nitrogen and oxygen atoms in total. The monoisotopic (exact) mass is 374 g/mol. The fourth-order valence-electron chi connectivity index (χ4n) is 2.45. The maximum absolute atomic E-state index is 12.1. The molecule has 0 fully saturated rings. The summed E-state index contributed by atoms with van der Waals surface area (Å²) < 4.78 is 6.84. The quantitative estimate of drug-likeness (QED) is 0.579. The number of carbonyl (C=O) groups is 1. The molecule has 0 bridgehead atoms. The van der Waals surface area contributed by atoms with Crippen molar-refractivity contribution in [2.45, 2.75) is 13.8 Å². The lowest BCUT2D eigenvalue weighted by Gasteiger charge is -2.10. The minimum atomic E-state index is -0.473. The summed E-state index contributed by atoms with van der Waals surface area (Å²) in [6, 6.07) is 13.1. The SMILES string of the molecule is CCOC(=O)c1cn(-c2ccc(Cl)cc2Cl)c(-c2ccc(C)cc2)n1. The van der Waals surface area contributed by atoms with E-state index in [-0.39, 0.29) is 12.3 Å². The van der Waals surface area contributed by atoms with Crippen LogP contribution in [0.3, 0.4) is 0 Å². The first kappa shape index (κ1) is 17.5. The van der Waals surface area contributed by atoms with Gasteiger partial charge in [-0.05, 0) is 32.0 Å². The van der Waals surface area contributed by atoms with Crippen LogP contribution in [0.2, 0.25) is 10.0 Å². The smallest absolute Gasteiger partial charge is 0.358 e. The van der Waals surface area contributed by atoms with Gasteiger partial charge in [-0.1, -0.05) is 53.0 Å². The number of carbonyl (C=O) groups excluding carboxylic acids is 1. The van der Waals surface area contributed by atoms with Crippen molar-refractivity contribution in [1.82, 2.24) is 9.55 Å². The molecule has 3 aromatic rings. The summed E-state index contributed by atoms with van der Waals surface area (Å²) in [5, 5.41) is 1.00. The van der Waals surface area contributed by atoms with Crippen LogP contribution in [-0.4, -0.2) is 22.1 Å². The molecule has 1 heterocycles. The Bertz CT molecular complexity index is 918. The summed E-state index contributed by atoms with van der Waals surface area (Å²) in [6.45, 7) is 4.05. The van der Waals surface area contributed by atoms with Crippen molar-refractivity contribution in [2.75, 3.05) is 6.61 Å². The molecule has 128 valence electrons. The highest BCUT2D eigenvalue weighted by atomic mass is 35.5. The summed E-state index contributed by atoms with van der Waals surface area (Å²) in [4.78, 5) is 16.6. The van der Waals surface area contributed by atoms with E-state index in [2.05, 4.69) is 4.98 Å². The average molecular weight is 375 g/mol. The van der Waals surface area contributed by atoms with Crippen LogP contribution in [0.1, 0.15) is 23.0 Å². The molecule has 0 saturated heterocycles. The molecule has 0 aliphatic rings. The van der Waals surface area contributed by atoms with Gasteiger partial charge in [0.1, 0.15) is 5.82 Å². The second-order valence-corrected chi connectivity index (χ2v) is 6.35. The molecule has 0 saturated carbocycles. The van der Waals surface area contributed by atoms with Gasteiger partial charge in [0.15, 0.2) is 5.69 Å². The van der Waals surface area contributed by atoms with Crippen LogP contribution in [0, 0.1) is 6.92 Å². The van der Waals surface area contributed by atoms with E-state index >= 15 is 0 Å². The van der Waals surface area contributed by atoms with Crippen molar-refractivity contribution in [3.05, 3.63) is 70.0 Å². The first-order valence-electron chi connectivity index (χ1n) is 7.78. The number of aryl methyl sites for hydroxylation is 1. The Kier molecular flexibility index (Phi) is 5.11. The number of nitrogens with zero attached hydrogens (tertiary/aromatic N) is 2. The predicted molar refractivity (Wildman–Crippen MR) is 99.7 cm³/mol. The van der Waals surface area contributed by atoms with Gasteiger partial charge < -0.3 is 4.74 Å². The number of hydrogen-bond donors (Lipinski definition) is 0. The zero-order valence-corrected chi connectivity index (χ0v) is 15.3. The fraction of sp³-hybridized carbons (Fsp3) is 0.158. The molecule has 0 N–H and O–H groups in total. The van der Waals surface area contributed by atoms with Crippen molar-refractivity contribution in [3.63, 3.8) is 0 Å². The Balaban J connectivity index is 2.17. The van der Waals surface area contributed by atoms with Gasteiger partial charge in [0.25, 0.3) is 0 Å². The first-order valence-corrected chi connectivity index (χ1v) is 8.54. The summed E-state index contributed by atoms with van der Waals surface area (Å²) in [6.07, 6.45) is 1.63. The largest absolute Gasteiger partial charge is 0.461 e. The zero-order chi connectivity index (χ0) is 18.0. The highest BCUT2D eigenvalue weighted by Crippen LogP contribution is 2.29. The van der Waals surface area contributed by atoms with Gasteiger partial charge in [-0.15, -0.1) is 0 Å². The van der Waals surface area contributed by atoms with E-state index in [0.29, 0.717) is 21.6 Å². The highest BCUT2D eigenvalue weighted by molar-refractivity contribution is 6.35. The number of benzene rings is 2. The molecular weight excluding hydrogens is 359 g/mol. The number of hydrogen-bond acceptors (Lipinski definition) is 3. The Morgan fingerprint density at radius 1 is 1.16 bits per heavy atom. The number of ether oxygens (including phenoxy) is 1. The molecule has 3 rings (SSSR count). The van der Waals surface area contributed by atoms with Crippen LogP contribution in [-0.2, 0) is 4.74 Å². The van der Waals surface area contributed by atoms with Crippen molar-refractivity contribution < 1.29 is 9.53 Å². The second kappa shape index (κ2) is 7.30. The molecule has 0 radical (unpaired) electrons. The van der Waals surface area contributed by atoms with Crippen molar-refractivity contribution in [3.8, 4) is 17.1 Å². The number of rotatable bonds is 4. The molecule has 0 amide bonds. The number of imidazole rings is 1. The average Bonchev–Trinajstić information content (AvgIpc) is 3.01. The van der Waals surface area contributed by atoms with E-state index in [1.165, 1.54) is 0 Å². The molecule has 0 unspecified atom stereocenters. The zero-order valence-electron chi connectivity index (χ0n) is 13.8. The molecule has 2 aromatic carbocycles. The number of esters is 1. The van der Waals surface area contributed by atoms with Gasteiger partial charge >= 0.3 is 5.97 Å². The van der Waals surface area contributed by atoms with Gasteiger partial charge in [-0.2, -0.15) is 0 Å². The number of halogens is 2. The lowest BCUT2D eigenvalue weighted by atomic mass is 10.1. The highest BCUT2D eigenvalue weighted by Gasteiger charge is 2.19. The van der Waals surface area contributed by atoms with Crippen LogP contribution in [0.5, 0.6) is 0 Å². The van der Waals surface area contributed by atoms with Gasteiger partial charge in [0.2, 0.25) is 0 Å². The maximum atomic E-state index is 12.1. The van der Waals surface area contributed by atoms with Crippen LogP contribution in [0.25, 0.3) is 17.1 Å². The van der Waals surface area contributed by atoms with Crippen molar-refractivity contribution >= 4 is 29.2 Å². The Morgan fingerprint density at radius 2 is 1.88 bits per heavy atom. The van der Waals surface area contributed by atoms with Gasteiger partial charge in [-0.3, -0.25) is 4.57 Å². The molecule has 0 aliphatic carbocycles. The summed E-state index contributed by atoms with van der Waals surface area (Å²) in [7, 11) is 0. The minimum Gasteiger partial charge on any atom is -0.461 e. The van der Waals surface area contributed by atoms with Crippen LogP contribution >= 0.6 is 23.2 Å². The van der Waals surface area contributed by atoms with E-state index < -0.39 is 5.97 Å². The Morgan fingerprint density at radius 3 is 2.52 bits per heavy atom. The maximum Gasteiger partial charge on any atom is 0.358 e. The molecule has 6 heteroatoms. The molecule has 25 heavy (non-hydrogen) atoms. The standard InChI is InChI=1S/C19H16Cl2N2O2/c1-3-25-19(24)16-11-23(17-9-8-14(20)10-15(17)21)18(22-16)13-6-4-12(2)5-7-13/h4-11H,3H2,1-2H3. The predicted octanol–water partition coefficient (Wildman–Crippen LogP) is 5.33. The fourth-order valence-corrected chi connectivity index (χ4v) is 2.95. The third-order valence-electron chi connectivity index (χ3n) is 3.67. The van der Waals surface area contributed by atoms with Crippen LogP contribution < -0.4 is 0 Å². The molecule has 1 aromatic heterocycles. The van der Waals surface area contributed by atoms with Gasteiger partial charge in [0.05, 0.1) is 17.3 Å². The van der Waals surface area contributed by atoms with E-state index in [0.717, 1.165) is 11.1 Å². The van der Waals surface area contributed by atoms with E-state index in [9.17, 15) is 4.79 Å². The third kappa shape index (κ3) is 3.70. The number of aromatic nitrogens is 2. The van der Waals surface area contributed by atoms with E-state index in [4.69, 9.17) is 27.9 Å². The molecule has 0 aliphatic heterocycles. The lowest BCUT2D eigenvalue weighted by Crippen LogP contribution is -2.04. The second-order valence-electron chi connectivity index (χ2n) is 5.50. The summed E-state index contributed by atoms with van der Waals surface area (Å²) in [5.41, 5.74) is 2.91. The van der Waals surface area contributed by atoms with Crippen molar-refractivity contribution in [1.29, 1.82) is 0 Å². The topological polar surface area (TPSA) is 44.1 Å². The van der Waals surface area contributed by atoms with E-state index in [1.807, 2.05) is 31.2 Å². The summed E-state index contributed by atoms with van der Waals surface area (Å²) in [5.74, 6) is 0.131. The normalized spacial score (nSPS) is 10.7. The molecule has 0 spiro atoms. The van der Waals surface area contributed by atoms with Gasteiger partial charge in [0, 0.05) is 16.8 Å². The third-order valence-corrected chi connectivity index (χ3v) is 4.21. The van der Waals surface area contributed by atoms with Crippen molar-refractivity contribution in [2.24, 2.45) is 0 Å². The minimum absolute atomic E-state index is 0.225. The van der Waals surface area contributed by atoms with E-state index in [1.54, 1.807) is 35.9 Å². The Labute approximate surface area is 156 Å².